The fourth-order valence-corrected chi connectivity index (χ4v) is 10.4. The minimum Gasteiger partial charge on any atom is -0.492 e. The van der Waals surface area contributed by atoms with Gasteiger partial charge < -0.3 is 40.4 Å². The number of thiazole rings is 1. The van der Waals surface area contributed by atoms with Crippen molar-refractivity contribution in [1.82, 2.24) is 35.7 Å². The van der Waals surface area contributed by atoms with E-state index in [1.165, 1.54) is 30.9 Å². The third-order valence-corrected chi connectivity index (χ3v) is 14.0. The molecule has 3 amide bonds. The number of ether oxygens (including phenoxy) is 2. The second-order valence-electron chi connectivity index (χ2n) is 20.4. The van der Waals surface area contributed by atoms with Crippen LogP contribution >= 0.6 is 11.3 Å². The molecule has 0 aliphatic carbocycles. The molecule has 2 aliphatic heterocycles. The van der Waals surface area contributed by atoms with Gasteiger partial charge in [0.1, 0.15) is 48.4 Å². The Morgan fingerprint density at radius 1 is 0.986 bits per heavy atom. The van der Waals surface area contributed by atoms with Gasteiger partial charge in [-0.15, -0.1) is 11.3 Å². The molecule has 5 aromatic rings. The highest BCUT2D eigenvalue weighted by Gasteiger charge is 2.45. The number of likely N-dealkylation sites (tertiary alicyclic amines) is 1. The van der Waals surface area contributed by atoms with Crippen LogP contribution < -0.4 is 20.7 Å². The number of hydrogen-bond acceptors (Lipinski definition) is 10. The van der Waals surface area contributed by atoms with Gasteiger partial charge in [0, 0.05) is 79.5 Å². The molecule has 13 nitrogen and oxygen atoms in total. The zero-order valence-electron chi connectivity index (χ0n) is 41.3. The number of hydrogen-bond donors (Lipinski definition) is 5. The van der Waals surface area contributed by atoms with Crippen LogP contribution in [0, 0.1) is 24.0 Å². The number of benzene rings is 3. The maximum Gasteiger partial charge on any atom is 0.246 e. The van der Waals surface area contributed by atoms with Crippen molar-refractivity contribution in [1.29, 1.82) is 0 Å². The lowest BCUT2D eigenvalue weighted by Crippen LogP contribution is -2.58. The van der Waals surface area contributed by atoms with Crippen LogP contribution in [0.4, 0.5) is 13.2 Å². The molecule has 378 valence electrons. The lowest BCUT2D eigenvalue weighted by molar-refractivity contribution is -0.144. The average molecular weight is 988 g/mol. The van der Waals surface area contributed by atoms with Gasteiger partial charge >= 0.3 is 0 Å². The number of unbranched alkanes of at least 4 members (excludes halogenated alkanes) is 2. The van der Waals surface area contributed by atoms with Gasteiger partial charge in [-0.05, 0) is 88.1 Å². The molecule has 7 rings (SSSR count). The van der Waals surface area contributed by atoms with E-state index in [0.29, 0.717) is 38.2 Å². The van der Waals surface area contributed by atoms with Crippen molar-refractivity contribution in [2.24, 2.45) is 5.41 Å². The number of fused-ring (bicyclic) bond motifs is 3. The van der Waals surface area contributed by atoms with Crippen molar-refractivity contribution in [3.63, 3.8) is 0 Å². The first-order chi connectivity index (χ1) is 33.3. The summed E-state index contributed by atoms with van der Waals surface area (Å²) < 4.78 is 58.6. The summed E-state index contributed by atoms with van der Waals surface area (Å²) in [6.07, 6.45) is 2.14. The molecule has 2 aromatic heterocycles. The van der Waals surface area contributed by atoms with Gasteiger partial charge in [-0.25, -0.2) is 18.2 Å². The number of carbonyl (C=O) groups excluding carboxylic acids is 3. The topological polar surface area (TPSA) is 161 Å². The molecule has 5 N–H and O–H groups in total. The fraction of sp³-hybridized carbons (Fsp3) is 0.509. The number of nitrogens with one attached hydrogen (secondary N) is 4. The van der Waals surface area contributed by atoms with E-state index >= 15 is 13.2 Å². The van der Waals surface area contributed by atoms with Crippen LogP contribution in [0.25, 0.3) is 21.3 Å². The van der Waals surface area contributed by atoms with Gasteiger partial charge in [-0.1, -0.05) is 63.2 Å². The number of β-amino-alcohol motifs (C(OH)–C–C–N with tert-alkyl or cyclic N) is 1. The molecular formula is C53H68F3N7O6S. The quantitative estimate of drug-likeness (QED) is 0.0461. The van der Waals surface area contributed by atoms with Crippen LogP contribution in [0.5, 0.6) is 5.75 Å². The minimum atomic E-state index is -1.60. The Balaban J connectivity index is 0.808. The maximum absolute atomic E-state index is 16.0. The van der Waals surface area contributed by atoms with Gasteiger partial charge in [-0.2, -0.15) is 0 Å². The SMILES string of the molecule is Cc1ncsc1-c1ccc(CNC(=O)[C@@H]2C[C@@H](O)CN2C(=O)C(NC(=O)COCCCCCNCCOc2cc(F)c([C@@H]3c4[nH]c5ccccc5c4C[C@@H](C)N3CC(C)(C)F)c(F)c2)C(C)(C)C)cc1. The maximum atomic E-state index is 16.0. The van der Waals surface area contributed by atoms with E-state index in [0.717, 1.165) is 51.0 Å². The highest BCUT2D eigenvalue weighted by Crippen LogP contribution is 2.44. The summed E-state index contributed by atoms with van der Waals surface area (Å²) >= 11 is 1.57. The number of rotatable bonds is 21. The lowest BCUT2D eigenvalue weighted by atomic mass is 9.85. The van der Waals surface area contributed by atoms with Crippen LogP contribution in [0.2, 0.25) is 0 Å². The van der Waals surface area contributed by atoms with E-state index in [2.05, 4.69) is 25.9 Å². The van der Waals surface area contributed by atoms with Crippen molar-refractivity contribution in [2.45, 2.75) is 123 Å². The first-order valence-electron chi connectivity index (χ1n) is 24.3. The summed E-state index contributed by atoms with van der Waals surface area (Å²) in [4.78, 5) is 52.5. The zero-order valence-corrected chi connectivity index (χ0v) is 42.1. The van der Waals surface area contributed by atoms with E-state index in [4.69, 9.17) is 9.47 Å². The van der Waals surface area contributed by atoms with Gasteiger partial charge in [0.25, 0.3) is 0 Å². The minimum absolute atomic E-state index is 0.00669. The molecule has 0 spiro atoms. The Hall–Kier alpha value is -5.33. The number of aliphatic hydroxyl groups excluding tert-OH is 1. The van der Waals surface area contributed by atoms with Crippen molar-refractivity contribution in [2.75, 3.05) is 46.0 Å². The summed E-state index contributed by atoms with van der Waals surface area (Å²) in [5, 5.41) is 20.6. The number of aryl methyl sites for hydroxylation is 1. The van der Waals surface area contributed by atoms with Gasteiger partial charge in [-0.3, -0.25) is 19.3 Å². The Morgan fingerprint density at radius 2 is 1.71 bits per heavy atom. The summed E-state index contributed by atoms with van der Waals surface area (Å²) in [7, 11) is 0. The number of aliphatic hydroxyl groups is 1. The second kappa shape index (κ2) is 22.8. The molecule has 4 heterocycles. The first-order valence-corrected chi connectivity index (χ1v) is 25.2. The van der Waals surface area contributed by atoms with E-state index in [1.54, 1.807) is 16.8 Å². The number of alkyl halides is 1. The lowest BCUT2D eigenvalue weighted by Gasteiger charge is -2.43. The Morgan fingerprint density at radius 3 is 2.40 bits per heavy atom. The third kappa shape index (κ3) is 12.9. The van der Waals surface area contributed by atoms with Crippen LogP contribution in [-0.4, -0.2) is 118 Å². The number of aromatic amines is 1. The van der Waals surface area contributed by atoms with E-state index in [9.17, 15) is 19.5 Å². The van der Waals surface area contributed by atoms with Crippen LogP contribution in [-0.2, 0) is 32.1 Å². The normalized spacial score (nSPS) is 19.0. The molecule has 3 aromatic carbocycles. The summed E-state index contributed by atoms with van der Waals surface area (Å²) in [6, 6.07) is 15.1. The Bertz CT molecular complexity index is 2570. The largest absolute Gasteiger partial charge is 0.492 e. The van der Waals surface area contributed by atoms with Crippen molar-refractivity contribution in [3.8, 4) is 16.2 Å². The molecule has 0 radical (unpaired) electrons. The molecule has 2 aliphatic rings. The fourth-order valence-electron chi connectivity index (χ4n) is 9.55. The Kier molecular flexibility index (Phi) is 17.1. The number of aromatic nitrogens is 2. The zero-order chi connectivity index (χ0) is 50.3. The molecule has 5 atom stereocenters. The van der Waals surface area contributed by atoms with Crippen molar-refractivity contribution >= 4 is 40.0 Å². The molecular weight excluding hydrogens is 920 g/mol. The van der Waals surface area contributed by atoms with Crippen LogP contribution in [0.3, 0.4) is 0 Å². The average Bonchev–Trinajstić information content (AvgIpc) is 4.02. The molecule has 1 unspecified atom stereocenters. The molecule has 0 bridgehead atoms. The number of carbonyl (C=O) groups is 3. The molecule has 70 heavy (non-hydrogen) atoms. The first kappa shape index (κ1) is 52.5. The van der Waals surface area contributed by atoms with Gasteiger partial charge in [0.15, 0.2) is 0 Å². The summed E-state index contributed by atoms with van der Waals surface area (Å²) in [5.74, 6) is -2.74. The van der Waals surface area contributed by atoms with E-state index < -0.39 is 58.8 Å². The highest BCUT2D eigenvalue weighted by atomic mass is 32.1. The highest BCUT2D eigenvalue weighted by molar-refractivity contribution is 7.13. The molecule has 1 saturated heterocycles. The predicted octanol–water partition coefficient (Wildman–Crippen LogP) is 7.93. The van der Waals surface area contributed by atoms with Crippen LogP contribution in [0.1, 0.15) is 101 Å². The van der Waals surface area contributed by atoms with Crippen LogP contribution in [0.15, 0.2) is 66.2 Å². The summed E-state index contributed by atoms with van der Waals surface area (Å²) in [6.45, 7) is 14.0. The standard InChI is InChI=1S/C53H68F3N7O6S/c1-32-23-39-38-13-9-10-14-42(38)60-46(39)47(63(32)30-53(6,7)56)45-40(54)25-37(26-41(45)55)69-22-20-57-19-11-8-12-21-68-29-44(65)61-49(52(3,4)5)51(67)62-28-36(64)24-43(62)50(66)58-27-34-15-17-35(18-16-34)48-33(2)59-31-70-48/h9-10,13-18,25-26,31-32,36,43,47,49,57,60,64H,8,11-12,19-24,27-30H2,1-7H3,(H,58,66)(H,61,65)/t32-,36-,43+,47-,49?/m1/s1. The number of para-hydroxylation sites is 1. The van der Waals surface area contributed by atoms with E-state index in [1.807, 2.05) is 88.0 Å². The number of H-pyrrole nitrogens is 1. The van der Waals surface area contributed by atoms with Crippen molar-refractivity contribution in [3.05, 3.63) is 106 Å². The monoisotopic (exact) mass is 987 g/mol. The molecule has 17 heteroatoms. The predicted molar refractivity (Wildman–Crippen MR) is 266 cm³/mol. The number of amides is 3. The smallest absolute Gasteiger partial charge is 0.246 e. The molecule has 0 saturated carbocycles. The van der Waals surface area contributed by atoms with E-state index in [-0.39, 0.29) is 62.5 Å². The molecule has 1 fully saturated rings. The van der Waals surface area contributed by atoms with Gasteiger partial charge in [0.05, 0.1) is 28.2 Å². The number of nitrogens with zero attached hydrogens (tertiary/aromatic N) is 3. The number of halogens is 3. The third-order valence-electron chi connectivity index (χ3n) is 13.0. The van der Waals surface area contributed by atoms with Gasteiger partial charge in [0.2, 0.25) is 17.7 Å². The summed E-state index contributed by atoms with van der Waals surface area (Å²) in [5.41, 5.74) is 4.77. The Labute approximate surface area is 412 Å². The second-order valence-corrected chi connectivity index (χ2v) is 21.2. The van der Waals surface area contributed by atoms with Crippen molar-refractivity contribution < 1.29 is 42.1 Å².